The highest BCUT2D eigenvalue weighted by Crippen LogP contribution is 2.52. The molecule has 2 aliphatic heterocycles. The molecule has 0 saturated heterocycles. The van der Waals surface area contributed by atoms with Crippen LogP contribution in [0.25, 0.3) is 0 Å². The molecular weight excluding hydrogens is 605 g/mol. The molecule has 0 bridgehead atoms. The lowest BCUT2D eigenvalue weighted by molar-refractivity contribution is 0.0975. The average Bonchev–Trinajstić information content (AvgIpc) is 3.12. The number of fused-ring (bicyclic) bond motifs is 1. The minimum Gasteiger partial charge on any atom is -0.506 e. The fourth-order valence-corrected chi connectivity index (χ4v) is 8.33. The summed E-state index contributed by atoms with van der Waals surface area (Å²) in [4.78, 5) is 14.9. The van der Waals surface area contributed by atoms with Crippen molar-refractivity contribution in [1.29, 1.82) is 0 Å². The summed E-state index contributed by atoms with van der Waals surface area (Å²) < 4.78 is 79.7. The molecular formula is C34H29F3N2O5S. The van der Waals surface area contributed by atoms with Crippen LogP contribution in [0, 0.1) is 22.9 Å². The number of hydrogen-bond acceptors (Lipinski definition) is 6. The monoisotopic (exact) mass is 634 g/mol. The Morgan fingerprint density at radius 2 is 1.71 bits per heavy atom. The Morgan fingerprint density at radius 1 is 0.978 bits per heavy atom. The molecule has 6 rings (SSSR count). The van der Waals surface area contributed by atoms with Crippen LogP contribution in [0.4, 0.5) is 24.5 Å². The second-order valence-electron chi connectivity index (χ2n) is 11.9. The minimum atomic E-state index is -4.21. The zero-order valence-electron chi connectivity index (χ0n) is 24.4. The summed E-state index contributed by atoms with van der Waals surface area (Å²) in [7, 11) is -4.21. The first-order valence-corrected chi connectivity index (χ1v) is 15.8. The summed E-state index contributed by atoms with van der Waals surface area (Å²) in [5.41, 5.74) is -0.781. The number of benzene rings is 4. The third kappa shape index (κ3) is 5.64. The van der Waals surface area contributed by atoms with Gasteiger partial charge in [-0.25, -0.2) is 21.6 Å². The minimum absolute atomic E-state index is 0.0335. The lowest BCUT2D eigenvalue weighted by Crippen LogP contribution is -2.41. The van der Waals surface area contributed by atoms with Crippen molar-refractivity contribution in [1.82, 2.24) is 0 Å². The predicted octanol–water partition coefficient (Wildman–Crippen LogP) is 7.26. The first-order valence-electron chi connectivity index (χ1n) is 14.1. The van der Waals surface area contributed by atoms with Gasteiger partial charge in [-0.15, -0.1) is 0 Å². The molecule has 2 N–H and O–H groups in total. The SMILES string of the molecule is CC1(C)CC2=C(C(c3ccc(OCc4ccccc4)cc3F)N(C(=O)c3cccc(F)c3F)c3cccc(O)c3N2)S(=O)(=O)C1. The van der Waals surface area contributed by atoms with Crippen molar-refractivity contribution < 1.29 is 36.2 Å². The number of halogens is 3. The lowest BCUT2D eigenvalue weighted by Gasteiger charge is -2.37. The molecule has 0 saturated carbocycles. The van der Waals surface area contributed by atoms with Crippen LogP contribution in [-0.2, 0) is 16.4 Å². The molecule has 2 aliphatic rings. The number of carbonyl (C=O) groups excluding carboxylic acids is 1. The molecule has 0 aliphatic carbocycles. The third-order valence-electron chi connectivity index (χ3n) is 7.85. The summed E-state index contributed by atoms with van der Waals surface area (Å²) in [6.45, 7) is 3.65. The Kier molecular flexibility index (Phi) is 7.60. The van der Waals surface area contributed by atoms with E-state index >= 15 is 8.78 Å². The Hall–Kier alpha value is -4.77. The van der Waals surface area contributed by atoms with Gasteiger partial charge in [-0.2, -0.15) is 0 Å². The number of aromatic hydroxyl groups is 1. The molecule has 0 aromatic heterocycles. The summed E-state index contributed by atoms with van der Waals surface area (Å²) >= 11 is 0. The van der Waals surface area contributed by atoms with Gasteiger partial charge < -0.3 is 15.2 Å². The number of phenols is 1. The quantitative estimate of drug-likeness (QED) is 0.225. The van der Waals surface area contributed by atoms with E-state index < -0.39 is 50.2 Å². The molecule has 2 heterocycles. The smallest absolute Gasteiger partial charge is 0.262 e. The van der Waals surface area contributed by atoms with Gasteiger partial charge in [-0.1, -0.05) is 56.3 Å². The highest BCUT2D eigenvalue weighted by Gasteiger charge is 2.48. The highest BCUT2D eigenvalue weighted by atomic mass is 32.2. The summed E-state index contributed by atoms with van der Waals surface area (Å²) in [5.74, 6) is -5.27. The molecule has 11 heteroatoms. The molecule has 4 aromatic carbocycles. The van der Waals surface area contributed by atoms with E-state index in [-0.39, 0.29) is 57.8 Å². The van der Waals surface area contributed by atoms with Gasteiger partial charge in [-0.3, -0.25) is 9.69 Å². The summed E-state index contributed by atoms with van der Waals surface area (Å²) in [6.07, 6.45) is 0.169. The molecule has 0 spiro atoms. The summed E-state index contributed by atoms with van der Waals surface area (Å²) in [5, 5.41) is 13.9. The lowest BCUT2D eigenvalue weighted by atomic mass is 9.88. The van der Waals surface area contributed by atoms with Crippen LogP contribution in [0.1, 0.15) is 47.8 Å². The number of sulfone groups is 1. The zero-order chi connectivity index (χ0) is 32.1. The standard InChI is InChI=1S/C34H29F3N2O5S/c1-34(2)17-26-32(45(42,43)19-34)31(22-15-14-21(16-25(22)36)44-18-20-8-4-3-5-9-20)39(27-12-7-13-28(40)30(27)38-26)33(41)23-10-6-11-24(35)29(23)37/h3-16,31,38,40H,17-19H2,1-2H3. The number of anilines is 2. The molecule has 4 aromatic rings. The van der Waals surface area contributed by atoms with Crippen molar-refractivity contribution in [2.75, 3.05) is 16.0 Å². The first-order chi connectivity index (χ1) is 21.4. The average molecular weight is 635 g/mol. The Morgan fingerprint density at radius 3 is 2.44 bits per heavy atom. The van der Waals surface area contributed by atoms with Gasteiger partial charge in [0.25, 0.3) is 5.91 Å². The van der Waals surface area contributed by atoms with Crippen LogP contribution in [0.15, 0.2) is 95.5 Å². The third-order valence-corrected chi connectivity index (χ3v) is 10.1. The predicted molar refractivity (Wildman–Crippen MR) is 164 cm³/mol. The zero-order valence-corrected chi connectivity index (χ0v) is 25.2. The topological polar surface area (TPSA) is 95.9 Å². The number of nitrogens with one attached hydrogen (secondary N) is 1. The molecule has 232 valence electrons. The molecule has 1 amide bonds. The van der Waals surface area contributed by atoms with E-state index in [0.717, 1.165) is 34.7 Å². The van der Waals surface area contributed by atoms with Gasteiger partial charge in [0.15, 0.2) is 21.5 Å². The van der Waals surface area contributed by atoms with Crippen molar-refractivity contribution in [3.8, 4) is 11.5 Å². The number of ether oxygens (including phenoxy) is 1. The number of phenolic OH excluding ortho intramolecular Hbond substituents is 1. The highest BCUT2D eigenvalue weighted by molar-refractivity contribution is 7.95. The van der Waals surface area contributed by atoms with Gasteiger partial charge in [0.1, 0.15) is 35.7 Å². The molecule has 45 heavy (non-hydrogen) atoms. The van der Waals surface area contributed by atoms with Crippen molar-refractivity contribution in [2.24, 2.45) is 5.41 Å². The van der Waals surface area contributed by atoms with Crippen LogP contribution in [0.5, 0.6) is 11.5 Å². The fourth-order valence-electron chi connectivity index (χ4n) is 5.97. The largest absolute Gasteiger partial charge is 0.506 e. The van der Waals surface area contributed by atoms with Crippen LogP contribution in [0.2, 0.25) is 0 Å². The number of carbonyl (C=O) groups is 1. The maximum absolute atomic E-state index is 16.3. The van der Waals surface area contributed by atoms with Gasteiger partial charge in [0.2, 0.25) is 0 Å². The number of rotatable bonds is 5. The van der Waals surface area contributed by atoms with Crippen LogP contribution >= 0.6 is 0 Å². The van der Waals surface area contributed by atoms with Crippen LogP contribution in [0.3, 0.4) is 0 Å². The first kappa shape index (κ1) is 30.3. The van der Waals surface area contributed by atoms with E-state index in [0.29, 0.717) is 0 Å². The normalized spacial score (nSPS) is 18.3. The molecule has 0 fully saturated rings. The fraction of sp³-hybridized carbons (Fsp3) is 0.206. The number of allylic oxidation sites excluding steroid dienone is 1. The van der Waals surface area contributed by atoms with Gasteiger partial charge in [0, 0.05) is 17.3 Å². The van der Waals surface area contributed by atoms with Crippen molar-refractivity contribution in [3.63, 3.8) is 0 Å². The van der Waals surface area contributed by atoms with Crippen molar-refractivity contribution >= 4 is 27.1 Å². The second kappa shape index (κ2) is 11.3. The van der Waals surface area contributed by atoms with E-state index in [1.165, 1.54) is 30.3 Å². The molecule has 7 nitrogen and oxygen atoms in total. The van der Waals surface area contributed by atoms with Gasteiger partial charge >= 0.3 is 0 Å². The second-order valence-corrected chi connectivity index (χ2v) is 13.8. The van der Waals surface area contributed by atoms with E-state index in [2.05, 4.69) is 5.32 Å². The van der Waals surface area contributed by atoms with Crippen molar-refractivity contribution in [3.05, 3.63) is 130 Å². The summed E-state index contributed by atoms with van der Waals surface area (Å²) in [6, 6.07) is 18.6. The number of para-hydroxylation sites is 1. The molecule has 1 atom stereocenters. The maximum Gasteiger partial charge on any atom is 0.262 e. The Balaban J connectivity index is 1.58. The van der Waals surface area contributed by atoms with Crippen LogP contribution in [-0.4, -0.2) is 25.2 Å². The number of hydrogen-bond donors (Lipinski definition) is 2. The van der Waals surface area contributed by atoms with E-state index in [1.807, 2.05) is 30.3 Å². The molecule has 0 radical (unpaired) electrons. The number of nitrogens with zero attached hydrogens (tertiary/aromatic N) is 1. The van der Waals surface area contributed by atoms with Crippen LogP contribution < -0.4 is 15.0 Å². The van der Waals surface area contributed by atoms with E-state index in [1.54, 1.807) is 13.8 Å². The maximum atomic E-state index is 16.3. The Bertz CT molecular complexity index is 1960. The van der Waals surface area contributed by atoms with E-state index in [9.17, 15) is 22.7 Å². The molecule has 1 unspecified atom stereocenters. The van der Waals surface area contributed by atoms with Gasteiger partial charge in [-0.05, 0) is 53.8 Å². The van der Waals surface area contributed by atoms with Gasteiger partial charge in [0.05, 0.1) is 21.9 Å². The van der Waals surface area contributed by atoms with E-state index in [4.69, 9.17) is 4.74 Å². The number of amides is 1. The Labute approximate surface area is 258 Å². The van der Waals surface area contributed by atoms with Crippen molar-refractivity contribution in [2.45, 2.75) is 32.9 Å².